The van der Waals surface area contributed by atoms with Crippen molar-refractivity contribution in [2.24, 2.45) is 0 Å². The Labute approximate surface area is 97.1 Å². The Morgan fingerprint density at radius 3 is 2.81 bits per heavy atom. The molecule has 0 heterocycles. The van der Waals surface area contributed by atoms with Crippen molar-refractivity contribution < 1.29 is 4.39 Å². The van der Waals surface area contributed by atoms with Gasteiger partial charge in [-0.15, -0.1) is 0 Å². The van der Waals surface area contributed by atoms with Gasteiger partial charge in [0.25, 0.3) is 0 Å². The highest BCUT2D eigenvalue weighted by Gasteiger charge is 2.24. The fraction of sp³-hybridized carbons (Fsp3) is 0.571. The van der Waals surface area contributed by atoms with Crippen LogP contribution < -0.4 is 5.32 Å². The van der Waals surface area contributed by atoms with Gasteiger partial charge in [0, 0.05) is 12.1 Å². The van der Waals surface area contributed by atoms with Crippen molar-refractivity contribution in [3.8, 4) is 0 Å². The molecule has 1 atom stereocenters. The van der Waals surface area contributed by atoms with Crippen LogP contribution in [0.15, 0.2) is 18.2 Å². The second-order valence-corrected chi connectivity index (χ2v) is 4.61. The predicted octanol–water partition coefficient (Wildman–Crippen LogP) is 3.59. The first-order valence-corrected chi connectivity index (χ1v) is 6.29. The lowest BCUT2D eigenvalue weighted by molar-refractivity contribution is 0.412. The van der Waals surface area contributed by atoms with Gasteiger partial charge in [0.05, 0.1) is 0 Å². The van der Waals surface area contributed by atoms with Crippen LogP contribution in [0.1, 0.15) is 50.3 Å². The van der Waals surface area contributed by atoms with Crippen molar-refractivity contribution in [3.63, 3.8) is 0 Å². The van der Waals surface area contributed by atoms with Crippen LogP contribution in [0.2, 0.25) is 0 Å². The maximum atomic E-state index is 13.2. The summed E-state index contributed by atoms with van der Waals surface area (Å²) in [6, 6.07) is 6.11. The SMILES string of the molecule is CCC(CC)NC1CCc2ccc(F)cc21. The minimum atomic E-state index is -0.114. The molecule has 0 saturated heterocycles. The van der Waals surface area contributed by atoms with Gasteiger partial charge in [-0.05, 0) is 48.9 Å². The lowest BCUT2D eigenvalue weighted by Gasteiger charge is -2.21. The minimum absolute atomic E-state index is 0.114. The highest BCUT2D eigenvalue weighted by molar-refractivity contribution is 5.35. The summed E-state index contributed by atoms with van der Waals surface area (Å²) in [6.45, 7) is 4.39. The molecule has 0 saturated carbocycles. The second-order valence-electron chi connectivity index (χ2n) is 4.61. The highest BCUT2D eigenvalue weighted by atomic mass is 19.1. The molecule has 2 heteroatoms. The quantitative estimate of drug-likeness (QED) is 0.819. The van der Waals surface area contributed by atoms with Gasteiger partial charge in [-0.1, -0.05) is 19.9 Å². The number of fused-ring (bicyclic) bond motifs is 1. The lowest BCUT2D eigenvalue weighted by Crippen LogP contribution is -2.30. The molecule has 1 aromatic carbocycles. The van der Waals surface area contributed by atoms with Crippen LogP contribution in [0.3, 0.4) is 0 Å². The number of hydrogen-bond donors (Lipinski definition) is 1. The first-order chi connectivity index (χ1) is 7.74. The summed E-state index contributed by atoms with van der Waals surface area (Å²) in [5, 5.41) is 3.63. The Balaban J connectivity index is 2.13. The van der Waals surface area contributed by atoms with Gasteiger partial charge < -0.3 is 5.32 Å². The molecule has 1 aliphatic carbocycles. The zero-order chi connectivity index (χ0) is 11.5. The standard InChI is InChI=1S/C14H20FN/c1-3-12(4-2)16-14-8-6-10-5-7-11(15)9-13(10)14/h5,7,9,12,14,16H,3-4,6,8H2,1-2H3. The Kier molecular flexibility index (Phi) is 3.59. The number of halogens is 1. The lowest BCUT2D eigenvalue weighted by atomic mass is 10.1. The van der Waals surface area contributed by atoms with Gasteiger partial charge in [-0.2, -0.15) is 0 Å². The summed E-state index contributed by atoms with van der Waals surface area (Å²) in [6.07, 6.45) is 4.46. The monoisotopic (exact) mass is 221 g/mol. The van der Waals surface area contributed by atoms with Crippen LogP contribution in [0.4, 0.5) is 4.39 Å². The van der Waals surface area contributed by atoms with E-state index in [0.29, 0.717) is 12.1 Å². The van der Waals surface area contributed by atoms with Gasteiger partial charge in [0.15, 0.2) is 0 Å². The third-order valence-corrected chi connectivity index (χ3v) is 3.61. The maximum absolute atomic E-state index is 13.2. The fourth-order valence-electron chi connectivity index (χ4n) is 2.56. The van der Waals surface area contributed by atoms with Crippen LogP contribution in [-0.2, 0) is 6.42 Å². The van der Waals surface area contributed by atoms with E-state index >= 15 is 0 Å². The van der Waals surface area contributed by atoms with Crippen molar-refractivity contribution in [1.82, 2.24) is 5.32 Å². The van der Waals surface area contributed by atoms with Gasteiger partial charge in [-0.25, -0.2) is 4.39 Å². The molecule has 1 unspecified atom stereocenters. The molecule has 2 rings (SSSR count). The Morgan fingerprint density at radius 2 is 2.12 bits per heavy atom. The number of nitrogens with one attached hydrogen (secondary N) is 1. The number of benzene rings is 1. The summed E-state index contributed by atoms with van der Waals surface area (Å²) >= 11 is 0. The van der Waals surface area contributed by atoms with E-state index in [0.717, 1.165) is 25.7 Å². The molecule has 1 aromatic rings. The molecule has 1 N–H and O–H groups in total. The zero-order valence-corrected chi connectivity index (χ0v) is 10.1. The average Bonchev–Trinajstić information content (AvgIpc) is 2.68. The van der Waals surface area contributed by atoms with E-state index in [1.807, 2.05) is 6.07 Å². The van der Waals surface area contributed by atoms with Crippen LogP contribution in [0, 0.1) is 5.82 Å². The molecule has 1 aliphatic rings. The Hall–Kier alpha value is -0.890. The van der Waals surface area contributed by atoms with E-state index < -0.39 is 0 Å². The smallest absolute Gasteiger partial charge is 0.123 e. The molecule has 0 radical (unpaired) electrons. The van der Waals surface area contributed by atoms with E-state index in [9.17, 15) is 4.39 Å². The van der Waals surface area contributed by atoms with Crippen molar-refractivity contribution >= 4 is 0 Å². The topological polar surface area (TPSA) is 12.0 Å². The van der Waals surface area contributed by atoms with E-state index in [1.165, 1.54) is 11.1 Å². The van der Waals surface area contributed by atoms with Crippen LogP contribution >= 0.6 is 0 Å². The number of hydrogen-bond acceptors (Lipinski definition) is 1. The summed E-state index contributed by atoms with van der Waals surface area (Å²) in [5.41, 5.74) is 2.48. The van der Waals surface area contributed by atoms with Crippen molar-refractivity contribution in [3.05, 3.63) is 35.1 Å². The third kappa shape index (κ3) is 2.27. The molecule has 16 heavy (non-hydrogen) atoms. The predicted molar refractivity (Wildman–Crippen MR) is 65.0 cm³/mol. The summed E-state index contributed by atoms with van der Waals surface area (Å²) in [4.78, 5) is 0. The van der Waals surface area contributed by atoms with E-state index in [4.69, 9.17) is 0 Å². The normalized spacial score (nSPS) is 19.1. The Morgan fingerprint density at radius 1 is 1.38 bits per heavy atom. The van der Waals surface area contributed by atoms with Crippen molar-refractivity contribution in [1.29, 1.82) is 0 Å². The maximum Gasteiger partial charge on any atom is 0.123 e. The van der Waals surface area contributed by atoms with E-state index in [1.54, 1.807) is 12.1 Å². The Bertz CT molecular complexity index is 358. The first kappa shape index (κ1) is 11.6. The molecule has 1 nitrogen and oxygen atoms in total. The molecular weight excluding hydrogens is 201 g/mol. The van der Waals surface area contributed by atoms with Gasteiger partial charge in [0.2, 0.25) is 0 Å². The third-order valence-electron chi connectivity index (χ3n) is 3.61. The van der Waals surface area contributed by atoms with Gasteiger partial charge in [-0.3, -0.25) is 0 Å². The molecule has 0 spiro atoms. The first-order valence-electron chi connectivity index (χ1n) is 6.29. The molecule has 0 aliphatic heterocycles. The number of aryl methyl sites for hydroxylation is 1. The largest absolute Gasteiger partial charge is 0.307 e. The van der Waals surface area contributed by atoms with Gasteiger partial charge in [0.1, 0.15) is 5.82 Å². The summed E-state index contributed by atoms with van der Waals surface area (Å²) in [5.74, 6) is -0.114. The van der Waals surface area contributed by atoms with Crippen molar-refractivity contribution in [2.45, 2.75) is 51.6 Å². The molecular formula is C14H20FN. The van der Waals surface area contributed by atoms with E-state index in [-0.39, 0.29) is 5.82 Å². The summed E-state index contributed by atoms with van der Waals surface area (Å²) < 4.78 is 13.2. The molecule has 0 aromatic heterocycles. The van der Waals surface area contributed by atoms with E-state index in [2.05, 4.69) is 19.2 Å². The zero-order valence-electron chi connectivity index (χ0n) is 10.1. The average molecular weight is 221 g/mol. The molecule has 0 amide bonds. The highest BCUT2D eigenvalue weighted by Crippen LogP contribution is 2.32. The molecule has 0 fully saturated rings. The molecule has 0 bridgehead atoms. The second kappa shape index (κ2) is 4.96. The van der Waals surface area contributed by atoms with Gasteiger partial charge >= 0.3 is 0 Å². The van der Waals surface area contributed by atoms with Crippen LogP contribution in [0.5, 0.6) is 0 Å². The van der Waals surface area contributed by atoms with Crippen LogP contribution in [-0.4, -0.2) is 6.04 Å². The number of rotatable bonds is 4. The molecule has 88 valence electrons. The van der Waals surface area contributed by atoms with Crippen molar-refractivity contribution in [2.75, 3.05) is 0 Å². The fourth-order valence-corrected chi connectivity index (χ4v) is 2.56. The minimum Gasteiger partial charge on any atom is -0.307 e. The van der Waals surface area contributed by atoms with Crippen LogP contribution in [0.25, 0.3) is 0 Å². The summed E-state index contributed by atoms with van der Waals surface area (Å²) in [7, 11) is 0.